The molecule has 1 aliphatic heterocycles. The number of nitrogens with zero attached hydrogens (tertiary/aromatic N) is 2. The van der Waals surface area contributed by atoms with Crippen LogP contribution in [0.4, 0.5) is 10.1 Å². The minimum Gasteiger partial charge on any atom is -0.495 e. The predicted molar refractivity (Wildman–Crippen MR) is 99.9 cm³/mol. The number of hydrogen-bond acceptors (Lipinski definition) is 4. The van der Waals surface area contributed by atoms with Crippen molar-refractivity contribution in [3.05, 3.63) is 89.5 Å². The van der Waals surface area contributed by atoms with Crippen molar-refractivity contribution in [3.63, 3.8) is 0 Å². The average molecular weight is 363 g/mol. The lowest BCUT2D eigenvalue weighted by atomic mass is 10.2. The maximum Gasteiger partial charge on any atom is 0.258 e. The number of pyridine rings is 1. The summed E-state index contributed by atoms with van der Waals surface area (Å²) in [5, 5.41) is 3.37. The maximum absolute atomic E-state index is 13.2. The second kappa shape index (κ2) is 7.07. The Balaban J connectivity index is 1.70. The molecule has 136 valence electrons. The topological polar surface area (TPSA) is 54.5 Å². The van der Waals surface area contributed by atoms with Crippen LogP contribution in [0.5, 0.6) is 5.75 Å². The molecular weight excluding hydrogens is 345 g/mol. The SMILES string of the molecule is COc1ccccc1N[C@H]1c2ncccc2C(=O)N1Cc1ccc(F)cc1. The van der Waals surface area contributed by atoms with Gasteiger partial charge < -0.3 is 15.0 Å². The molecule has 2 aromatic carbocycles. The summed E-state index contributed by atoms with van der Waals surface area (Å²) in [5.74, 6) is 0.256. The Morgan fingerprint density at radius 2 is 1.89 bits per heavy atom. The van der Waals surface area contributed by atoms with Crippen LogP contribution in [0.15, 0.2) is 66.9 Å². The van der Waals surface area contributed by atoms with Crippen LogP contribution >= 0.6 is 0 Å². The molecule has 1 aromatic heterocycles. The van der Waals surface area contributed by atoms with Crippen LogP contribution in [-0.2, 0) is 6.54 Å². The molecule has 0 saturated heterocycles. The number of ether oxygens (including phenoxy) is 1. The van der Waals surface area contributed by atoms with E-state index in [1.54, 1.807) is 42.5 Å². The van der Waals surface area contributed by atoms with Crippen molar-refractivity contribution >= 4 is 11.6 Å². The van der Waals surface area contributed by atoms with Gasteiger partial charge in [-0.3, -0.25) is 9.78 Å². The molecule has 0 aliphatic carbocycles. The third-order valence-electron chi connectivity index (χ3n) is 4.57. The first-order valence-electron chi connectivity index (χ1n) is 8.57. The molecule has 3 aromatic rings. The Morgan fingerprint density at radius 3 is 2.67 bits per heavy atom. The van der Waals surface area contributed by atoms with Crippen LogP contribution in [0.1, 0.15) is 27.8 Å². The number of halogens is 1. The molecule has 27 heavy (non-hydrogen) atoms. The van der Waals surface area contributed by atoms with E-state index in [4.69, 9.17) is 4.74 Å². The number of aromatic nitrogens is 1. The van der Waals surface area contributed by atoms with Gasteiger partial charge in [-0.15, -0.1) is 0 Å². The number of hydrogen-bond donors (Lipinski definition) is 1. The molecule has 0 bridgehead atoms. The molecule has 1 amide bonds. The van der Waals surface area contributed by atoms with Gasteiger partial charge in [-0.1, -0.05) is 24.3 Å². The number of methoxy groups -OCH3 is 1. The molecule has 0 spiro atoms. The molecule has 0 fully saturated rings. The Labute approximate surface area is 156 Å². The highest BCUT2D eigenvalue weighted by molar-refractivity contribution is 5.99. The van der Waals surface area contributed by atoms with E-state index >= 15 is 0 Å². The summed E-state index contributed by atoms with van der Waals surface area (Å²) < 4.78 is 18.6. The summed E-state index contributed by atoms with van der Waals surface area (Å²) in [5.41, 5.74) is 2.83. The van der Waals surface area contributed by atoms with E-state index in [-0.39, 0.29) is 11.7 Å². The number of anilines is 1. The molecule has 0 saturated carbocycles. The normalized spacial score (nSPS) is 15.6. The minimum absolute atomic E-state index is 0.116. The van der Waals surface area contributed by atoms with Crippen LogP contribution in [0.25, 0.3) is 0 Å². The molecular formula is C21H18FN3O2. The third-order valence-corrected chi connectivity index (χ3v) is 4.57. The van der Waals surface area contributed by atoms with Crippen LogP contribution < -0.4 is 10.1 Å². The minimum atomic E-state index is -0.449. The summed E-state index contributed by atoms with van der Waals surface area (Å²) in [6.07, 6.45) is 1.22. The summed E-state index contributed by atoms with van der Waals surface area (Å²) >= 11 is 0. The van der Waals surface area contributed by atoms with Gasteiger partial charge in [0.15, 0.2) is 0 Å². The number of carbonyl (C=O) groups excluding carboxylic acids is 1. The lowest BCUT2D eigenvalue weighted by molar-refractivity contribution is 0.0727. The zero-order valence-electron chi connectivity index (χ0n) is 14.7. The molecule has 0 unspecified atom stereocenters. The molecule has 1 N–H and O–H groups in total. The zero-order valence-corrected chi connectivity index (χ0v) is 14.7. The summed E-state index contributed by atoms with van der Waals surface area (Å²) in [7, 11) is 1.60. The molecule has 4 rings (SSSR count). The van der Waals surface area contributed by atoms with E-state index in [2.05, 4.69) is 10.3 Å². The largest absolute Gasteiger partial charge is 0.495 e. The van der Waals surface area contributed by atoms with Gasteiger partial charge in [0.2, 0.25) is 0 Å². The van der Waals surface area contributed by atoms with Gasteiger partial charge in [0.1, 0.15) is 17.7 Å². The predicted octanol–water partition coefficient (Wildman–Crippen LogP) is 4.00. The first kappa shape index (κ1) is 17.0. The fourth-order valence-electron chi connectivity index (χ4n) is 3.24. The van der Waals surface area contributed by atoms with E-state index in [1.165, 1.54) is 12.1 Å². The van der Waals surface area contributed by atoms with Gasteiger partial charge in [0.25, 0.3) is 5.91 Å². The molecule has 1 aliphatic rings. The monoisotopic (exact) mass is 363 g/mol. The van der Waals surface area contributed by atoms with Crippen molar-refractivity contribution in [1.82, 2.24) is 9.88 Å². The lowest BCUT2D eigenvalue weighted by Crippen LogP contribution is -2.32. The summed E-state index contributed by atoms with van der Waals surface area (Å²) in [6, 6.07) is 17.2. The Bertz CT molecular complexity index is 975. The Kier molecular flexibility index (Phi) is 4.46. The van der Waals surface area contributed by atoms with E-state index in [0.717, 1.165) is 11.3 Å². The Morgan fingerprint density at radius 1 is 1.11 bits per heavy atom. The number of para-hydroxylation sites is 2. The first-order valence-corrected chi connectivity index (χ1v) is 8.57. The second-order valence-corrected chi connectivity index (χ2v) is 6.24. The standard InChI is InChI=1S/C21H18FN3O2/c1-27-18-7-3-2-6-17(18)24-20-19-16(5-4-12-23-19)21(26)25(20)13-14-8-10-15(22)11-9-14/h2-12,20,24H,13H2,1H3/t20-/m1/s1. The van der Waals surface area contributed by atoms with Crippen molar-refractivity contribution < 1.29 is 13.9 Å². The molecule has 1 atom stereocenters. The van der Waals surface area contributed by atoms with Gasteiger partial charge in [0.05, 0.1) is 24.1 Å². The van der Waals surface area contributed by atoms with E-state index < -0.39 is 6.17 Å². The number of carbonyl (C=O) groups is 1. The smallest absolute Gasteiger partial charge is 0.258 e. The van der Waals surface area contributed by atoms with Gasteiger partial charge in [-0.25, -0.2) is 4.39 Å². The van der Waals surface area contributed by atoms with Crippen LogP contribution in [0, 0.1) is 5.82 Å². The van der Waals surface area contributed by atoms with Gasteiger partial charge in [-0.2, -0.15) is 0 Å². The highest BCUT2D eigenvalue weighted by Gasteiger charge is 2.38. The van der Waals surface area contributed by atoms with Crippen molar-refractivity contribution in [1.29, 1.82) is 0 Å². The number of amides is 1. The highest BCUT2D eigenvalue weighted by Crippen LogP contribution is 2.36. The van der Waals surface area contributed by atoms with Crippen LogP contribution in [0.3, 0.4) is 0 Å². The summed E-state index contributed by atoms with van der Waals surface area (Å²) in [4.78, 5) is 19.1. The average Bonchev–Trinajstić information content (AvgIpc) is 2.96. The fourth-order valence-corrected chi connectivity index (χ4v) is 3.24. The van der Waals surface area contributed by atoms with Crippen molar-refractivity contribution in [2.45, 2.75) is 12.7 Å². The fraction of sp³-hybridized carbons (Fsp3) is 0.143. The third kappa shape index (κ3) is 3.21. The quantitative estimate of drug-likeness (QED) is 0.745. The number of nitrogens with one attached hydrogen (secondary N) is 1. The molecule has 5 nitrogen and oxygen atoms in total. The van der Waals surface area contributed by atoms with Gasteiger partial charge in [-0.05, 0) is 42.0 Å². The lowest BCUT2D eigenvalue weighted by Gasteiger charge is -2.27. The van der Waals surface area contributed by atoms with Crippen LogP contribution in [0.2, 0.25) is 0 Å². The van der Waals surface area contributed by atoms with Gasteiger partial charge >= 0.3 is 0 Å². The number of benzene rings is 2. The number of fused-ring (bicyclic) bond motifs is 1. The van der Waals surface area contributed by atoms with Crippen molar-refractivity contribution in [2.24, 2.45) is 0 Å². The molecule has 6 heteroatoms. The second-order valence-electron chi connectivity index (χ2n) is 6.24. The summed E-state index contributed by atoms with van der Waals surface area (Å²) in [6.45, 7) is 0.336. The van der Waals surface area contributed by atoms with E-state index in [1.807, 2.05) is 24.3 Å². The van der Waals surface area contributed by atoms with E-state index in [9.17, 15) is 9.18 Å². The molecule has 0 radical (unpaired) electrons. The van der Waals surface area contributed by atoms with Crippen LogP contribution in [-0.4, -0.2) is 22.9 Å². The van der Waals surface area contributed by atoms with Crippen molar-refractivity contribution in [2.75, 3.05) is 12.4 Å². The van der Waals surface area contributed by atoms with Gasteiger partial charge in [0, 0.05) is 12.7 Å². The Hall–Kier alpha value is -3.41. The first-order chi connectivity index (χ1) is 13.2. The molecule has 2 heterocycles. The highest BCUT2D eigenvalue weighted by atomic mass is 19.1. The zero-order chi connectivity index (χ0) is 18.8. The number of rotatable bonds is 5. The maximum atomic E-state index is 13.2. The van der Waals surface area contributed by atoms with Crippen molar-refractivity contribution in [3.8, 4) is 5.75 Å². The van der Waals surface area contributed by atoms with E-state index in [0.29, 0.717) is 23.6 Å².